The van der Waals surface area contributed by atoms with Crippen LogP contribution in [0.1, 0.15) is 31.2 Å². The molecular weight excluding hydrogens is 422 g/mol. The average molecular weight is 444 g/mol. The second kappa shape index (κ2) is 8.14. The molecule has 3 aromatic rings. The predicted molar refractivity (Wildman–Crippen MR) is 111 cm³/mol. The van der Waals surface area contributed by atoms with E-state index in [1.807, 2.05) is 24.4 Å². The first kappa shape index (κ1) is 18.7. The summed E-state index contributed by atoms with van der Waals surface area (Å²) in [5, 5.41) is 11.2. The zero-order chi connectivity index (χ0) is 19.5. The second-order valence-corrected chi connectivity index (χ2v) is 7.87. The van der Waals surface area contributed by atoms with Crippen molar-refractivity contribution in [3.8, 4) is 0 Å². The van der Waals surface area contributed by atoms with Gasteiger partial charge in [-0.1, -0.05) is 18.9 Å². The highest BCUT2D eigenvalue weighted by atomic mass is 79.9. The Morgan fingerprint density at radius 3 is 2.96 bits per heavy atom. The molecule has 28 heavy (non-hydrogen) atoms. The number of fused-ring (bicyclic) bond motifs is 1. The number of amides is 1. The lowest BCUT2D eigenvalue weighted by atomic mass is 9.84. The van der Waals surface area contributed by atoms with Gasteiger partial charge in [0.2, 0.25) is 5.91 Å². The number of hydrogen-bond acceptors (Lipinski definition) is 6. The summed E-state index contributed by atoms with van der Waals surface area (Å²) in [5.41, 5.74) is 7.38. The Morgan fingerprint density at radius 1 is 1.32 bits per heavy atom. The monoisotopic (exact) mass is 443 g/mol. The molecule has 3 aromatic heterocycles. The lowest BCUT2D eigenvalue weighted by Gasteiger charge is -2.30. The zero-order valence-corrected chi connectivity index (χ0v) is 16.9. The number of rotatable bonds is 6. The molecule has 0 radical (unpaired) electrons. The zero-order valence-electron chi connectivity index (χ0n) is 15.3. The lowest BCUT2D eigenvalue weighted by Crippen LogP contribution is -2.40. The van der Waals surface area contributed by atoms with E-state index in [1.165, 1.54) is 0 Å². The highest BCUT2D eigenvalue weighted by molar-refractivity contribution is 9.10. The molecule has 0 spiro atoms. The van der Waals surface area contributed by atoms with Crippen LogP contribution in [0.3, 0.4) is 0 Å². The molecule has 8 nitrogen and oxygen atoms in total. The van der Waals surface area contributed by atoms with Gasteiger partial charge in [0.15, 0.2) is 5.65 Å². The molecule has 1 amide bonds. The molecule has 1 saturated carbocycles. The third kappa shape index (κ3) is 3.94. The topological polar surface area (TPSA) is 110 Å². The molecule has 1 fully saturated rings. The Bertz CT molecular complexity index is 975. The third-order valence-electron chi connectivity index (χ3n) is 5.09. The Balaban J connectivity index is 1.61. The average Bonchev–Trinajstić information content (AvgIpc) is 3.08. The number of nitrogens with one attached hydrogen (secondary N) is 2. The molecule has 0 aliphatic heterocycles. The van der Waals surface area contributed by atoms with Gasteiger partial charge in [-0.2, -0.15) is 9.61 Å². The molecule has 146 valence electrons. The largest absolute Gasteiger partial charge is 0.369 e. The summed E-state index contributed by atoms with van der Waals surface area (Å²) in [4.78, 5) is 20.6. The highest BCUT2D eigenvalue weighted by Crippen LogP contribution is 2.29. The van der Waals surface area contributed by atoms with Crippen molar-refractivity contribution in [1.82, 2.24) is 19.6 Å². The summed E-state index contributed by atoms with van der Waals surface area (Å²) in [7, 11) is 0. The predicted octanol–water partition coefficient (Wildman–Crippen LogP) is 2.95. The highest BCUT2D eigenvalue weighted by Gasteiger charge is 2.29. The van der Waals surface area contributed by atoms with E-state index in [4.69, 9.17) is 5.73 Å². The van der Waals surface area contributed by atoms with Crippen LogP contribution in [0.5, 0.6) is 0 Å². The molecule has 0 bridgehead atoms. The minimum atomic E-state index is -0.251. The number of anilines is 2. The van der Waals surface area contributed by atoms with E-state index in [0.717, 1.165) is 41.5 Å². The van der Waals surface area contributed by atoms with Crippen LogP contribution in [0.25, 0.3) is 5.65 Å². The number of pyridine rings is 1. The van der Waals surface area contributed by atoms with Gasteiger partial charge in [0.1, 0.15) is 11.6 Å². The van der Waals surface area contributed by atoms with E-state index in [-0.39, 0.29) is 17.9 Å². The van der Waals surface area contributed by atoms with Gasteiger partial charge in [-0.25, -0.2) is 4.98 Å². The maximum atomic E-state index is 11.8. The van der Waals surface area contributed by atoms with Gasteiger partial charge in [-0.05, 0) is 40.4 Å². The van der Waals surface area contributed by atoms with Crippen LogP contribution in [0.2, 0.25) is 0 Å². The van der Waals surface area contributed by atoms with Crippen molar-refractivity contribution in [2.24, 2.45) is 11.7 Å². The fourth-order valence-electron chi connectivity index (χ4n) is 3.67. The van der Waals surface area contributed by atoms with E-state index in [0.29, 0.717) is 18.0 Å². The normalized spacial score (nSPS) is 19.5. The van der Waals surface area contributed by atoms with Crippen LogP contribution >= 0.6 is 15.9 Å². The van der Waals surface area contributed by atoms with E-state index in [1.54, 1.807) is 16.9 Å². The Labute approximate surface area is 171 Å². The Hall–Kier alpha value is -2.68. The minimum absolute atomic E-state index is 0.00549. The number of hydrogen-bond donors (Lipinski definition) is 3. The van der Waals surface area contributed by atoms with Crippen molar-refractivity contribution in [3.63, 3.8) is 0 Å². The first-order valence-electron chi connectivity index (χ1n) is 9.35. The first-order chi connectivity index (χ1) is 13.6. The van der Waals surface area contributed by atoms with Gasteiger partial charge in [0.05, 0.1) is 16.6 Å². The van der Waals surface area contributed by atoms with Crippen LogP contribution in [0.4, 0.5) is 11.6 Å². The smallest absolute Gasteiger partial charge is 0.222 e. The van der Waals surface area contributed by atoms with Crippen molar-refractivity contribution >= 4 is 39.1 Å². The molecular formula is C19H22BrN7O. The number of carbonyl (C=O) groups excluding carboxylic acids is 1. The maximum absolute atomic E-state index is 11.8. The van der Waals surface area contributed by atoms with Crippen molar-refractivity contribution in [2.75, 3.05) is 10.6 Å². The van der Waals surface area contributed by atoms with Crippen molar-refractivity contribution in [3.05, 3.63) is 46.8 Å². The van der Waals surface area contributed by atoms with Crippen LogP contribution in [0, 0.1) is 5.92 Å². The van der Waals surface area contributed by atoms with E-state index < -0.39 is 0 Å². The van der Waals surface area contributed by atoms with Crippen LogP contribution in [-0.2, 0) is 11.3 Å². The maximum Gasteiger partial charge on any atom is 0.222 e. The van der Waals surface area contributed by atoms with Crippen molar-refractivity contribution < 1.29 is 4.79 Å². The summed E-state index contributed by atoms with van der Waals surface area (Å²) < 4.78 is 2.55. The fraction of sp³-hybridized carbons (Fsp3) is 0.368. The lowest BCUT2D eigenvalue weighted by molar-refractivity contribution is -0.122. The summed E-state index contributed by atoms with van der Waals surface area (Å²) in [6, 6.07) is 5.82. The standard InChI is InChI=1S/C19H22BrN7O/c20-14-11-24-27-17(23-10-12-4-3-7-22-9-12)8-16(26-19(14)27)25-15-6-2-1-5-13(15)18(21)28/h3-4,7-9,11,13,15,23H,1-2,5-6,10H2,(H2,21,28)(H,25,26)/t13-,15+/m0/s1. The van der Waals surface area contributed by atoms with Crippen LogP contribution in [-0.4, -0.2) is 31.5 Å². The molecule has 0 saturated heterocycles. The second-order valence-electron chi connectivity index (χ2n) is 7.01. The van der Waals surface area contributed by atoms with Crippen molar-refractivity contribution in [2.45, 2.75) is 38.3 Å². The van der Waals surface area contributed by atoms with Gasteiger partial charge in [-0.15, -0.1) is 0 Å². The number of aromatic nitrogens is 4. The molecule has 4 N–H and O–H groups in total. The number of carbonyl (C=O) groups is 1. The van der Waals surface area contributed by atoms with Gasteiger partial charge in [-0.3, -0.25) is 9.78 Å². The summed E-state index contributed by atoms with van der Waals surface area (Å²) in [6.45, 7) is 0.608. The van der Waals surface area contributed by atoms with Gasteiger partial charge >= 0.3 is 0 Å². The molecule has 1 aliphatic rings. The minimum Gasteiger partial charge on any atom is -0.369 e. The van der Waals surface area contributed by atoms with E-state index in [2.05, 4.69) is 41.6 Å². The number of halogens is 1. The SMILES string of the molecule is NC(=O)[C@H]1CCCC[C@H]1Nc1cc(NCc2cccnc2)n2ncc(Br)c2n1. The van der Waals surface area contributed by atoms with Gasteiger partial charge in [0, 0.05) is 31.0 Å². The van der Waals surface area contributed by atoms with Crippen LogP contribution < -0.4 is 16.4 Å². The Kier molecular flexibility index (Phi) is 5.43. The third-order valence-corrected chi connectivity index (χ3v) is 5.65. The molecule has 1 aliphatic carbocycles. The van der Waals surface area contributed by atoms with Crippen molar-refractivity contribution in [1.29, 1.82) is 0 Å². The number of primary amides is 1. The molecule has 2 atom stereocenters. The van der Waals surface area contributed by atoms with E-state index >= 15 is 0 Å². The molecule has 0 unspecified atom stereocenters. The summed E-state index contributed by atoms with van der Waals surface area (Å²) in [5.74, 6) is 1.07. The number of nitrogens with two attached hydrogens (primary N) is 1. The molecule has 3 heterocycles. The van der Waals surface area contributed by atoms with Crippen LogP contribution in [0.15, 0.2) is 41.3 Å². The molecule has 9 heteroatoms. The van der Waals surface area contributed by atoms with E-state index in [9.17, 15) is 4.79 Å². The first-order valence-corrected chi connectivity index (χ1v) is 10.1. The summed E-state index contributed by atoms with van der Waals surface area (Å²) >= 11 is 3.51. The molecule has 0 aromatic carbocycles. The van der Waals surface area contributed by atoms with Gasteiger partial charge in [0.25, 0.3) is 0 Å². The number of nitrogens with zero attached hydrogens (tertiary/aromatic N) is 4. The van der Waals surface area contributed by atoms with Gasteiger partial charge < -0.3 is 16.4 Å². The summed E-state index contributed by atoms with van der Waals surface area (Å²) in [6.07, 6.45) is 9.12. The molecule has 4 rings (SSSR count). The quantitative estimate of drug-likeness (QED) is 0.539. The fourth-order valence-corrected chi connectivity index (χ4v) is 4.01. The Morgan fingerprint density at radius 2 is 2.18 bits per heavy atom.